The minimum Gasteiger partial charge on any atom is -0.392 e. The van der Waals surface area contributed by atoms with Crippen LogP contribution in [0.15, 0.2) is 60.7 Å². The molecule has 0 spiro atoms. The van der Waals surface area contributed by atoms with Crippen LogP contribution in [0.4, 0.5) is 0 Å². The van der Waals surface area contributed by atoms with E-state index in [9.17, 15) is 10.2 Å². The van der Waals surface area contributed by atoms with E-state index in [1.807, 2.05) is 0 Å². The third-order valence-electron chi connectivity index (χ3n) is 8.65. The van der Waals surface area contributed by atoms with Gasteiger partial charge in [-0.3, -0.25) is 0 Å². The van der Waals surface area contributed by atoms with Crippen LogP contribution in [0.3, 0.4) is 0 Å². The van der Waals surface area contributed by atoms with Gasteiger partial charge in [0, 0.05) is 11.8 Å². The average Bonchev–Trinajstić information content (AvgIpc) is 2.91. The molecule has 0 aromatic heterocycles. The van der Waals surface area contributed by atoms with E-state index in [0.29, 0.717) is 0 Å². The summed E-state index contributed by atoms with van der Waals surface area (Å²) in [5, 5.41) is 20.8. The van der Waals surface area contributed by atoms with Gasteiger partial charge in [0.05, 0.1) is 13.2 Å². The number of benzene rings is 4. The lowest BCUT2D eigenvalue weighted by Gasteiger charge is -2.32. The molecule has 2 heteroatoms. The summed E-state index contributed by atoms with van der Waals surface area (Å²) in [6.45, 7) is 17.4. The van der Waals surface area contributed by atoms with Crippen LogP contribution in [0, 0.1) is 41.5 Å². The first-order valence-electron chi connectivity index (χ1n) is 14.7. The van der Waals surface area contributed by atoms with E-state index in [1.54, 1.807) is 0 Å². The molecule has 0 radical (unpaired) electrons. The largest absolute Gasteiger partial charge is 0.392 e. The van der Waals surface area contributed by atoms with Gasteiger partial charge in [-0.25, -0.2) is 0 Å². The van der Waals surface area contributed by atoms with Gasteiger partial charge in [-0.15, -0.1) is 0 Å². The summed E-state index contributed by atoms with van der Waals surface area (Å²) in [5.41, 5.74) is 16.9. The molecule has 0 amide bonds. The fraction of sp³-hybridized carbons (Fsp3) is 0.368. The van der Waals surface area contributed by atoms with Crippen LogP contribution < -0.4 is 0 Å². The minimum atomic E-state index is 0.0231. The van der Waals surface area contributed by atoms with Gasteiger partial charge in [0.2, 0.25) is 0 Å². The molecular weight excluding hydrogens is 488 g/mol. The van der Waals surface area contributed by atoms with E-state index >= 15 is 0 Å². The second kappa shape index (κ2) is 12.5. The van der Waals surface area contributed by atoms with Crippen LogP contribution in [0.25, 0.3) is 0 Å². The summed E-state index contributed by atoms with van der Waals surface area (Å²) in [4.78, 5) is 0. The minimum absolute atomic E-state index is 0.0231. The van der Waals surface area contributed by atoms with E-state index in [-0.39, 0.29) is 25.0 Å². The Hall–Kier alpha value is -3.20. The Morgan fingerprint density at radius 3 is 0.975 bits per heavy atom. The Kier molecular flexibility index (Phi) is 9.33. The van der Waals surface area contributed by atoms with Crippen molar-refractivity contribution in [2.24, 2.45) is 0 Å². The Labute approximate surface area is 241 Å². The molecule has 2 nitrogen and oxygen atoms in total. The molecule has 210 valence electrons. The predicted molar refractivity (Wildman–Crippen MR) is 168 cm³/mol. The Morgan fingerprint density at radius 2 is 0.700 bits per heavy atom. The number of aliphatic hydroxyl groups excluding tert-OH is 2. The second-order valence-corrected chi connectivity index (χ2v) is 11.7. The second-order valence-electron chi connectivity index (χ2n) is 11.7. The number of aryl methyl sites for hydroxylation is 6. The maximum absolute atomic E-state index is 10.4. The van der Waals surface area contributed by atoms with Crippen molar-refractivity contribution >= 4 is 0 Å². The monoisotopic (exact) mass is 534 g/mol. The van der Waals surface area contributed by atoms with Crippen molar-refractivity contribution < 1.29 is 10.2 Å². The molecule has 0 saturated heterocycles. The van der Waals surface area contributed by atoms with Gasteiger partial charge < -0.3 is 10.2 Å². The summed E-state index contributed by atoms with van der Waals surface area (Å²) in [6.07, 6.45) is 1.83. The molecule has 0 aliphatic carbocycles. The third-order valence-corrected chi connectivity index (χ3v) is 8.65. The first-order valence-corrected chi connectivity index (χ1v) is 14.7. The van der Waals surface area contributed by atoms with E-state index in [1.165, 1.54) is 66.8 Å². The molecule has 0 bridgehead atoms. The fourth-order valence-electron chi connectivity index (χ4n) is 6.69. The normalized spacial score (nSPS) is 12.9. The molecule has 0 aliphatic rings. The fourth-order valence-corrected chi connectivity index (χ4v) is 6.69. The lowest BCUT2D eigenvalue weighted by Crippen LogP contribution is -2.17. The molecule has 0 saturated carbocycles. The van der Waals surface area contributed by atoms with Crippen LogP contribution in [-0.4, -0.2) is 10.2 Å². The zero-order valence-corrected chi connectivity index (χ0v) is 25.7. The molecule has 0 fully saturated rings. The van der Waals surface area contributed by atoms with Gasteiger partial charge in [-0.2, -0.15) is 0 Å². The molecule has 4 aromatic carbocycles. The number of aliphatic hydroxyl groups is 2. The van der Waals surface area contributed by atoms with Crippen LogP contribution >= 0.6 is 0 Å². The van der Waals surface area contributed by atoms with Gasteiger partial charge in [0.1, 0.15) is 0 Å². The SMILES string of the molecule is CCc1cc(C(c2cc(C)cc(C)c2)C(c2cc(C)cc(C)c2)c2cc(CC)c(C)c(CO)c2)cc(CO)c1C. The average molecular weight is 535 g/mol. The number of hydrogen-bond donors (Lipinski definition) is 2. The van der Waals surface area contributed by atoms with Gasteiger partial charge in [0.25, 0.3) is 0 Å². The molecule has 0 heterocycles. The molecule has 40 heavy (non-hydrogen) atoms. The van der Waals surface area contributed by atoms with Gasteiger partial charge in [0.15, 0.2) is 0 Å². The van der Waals surface area contributed by atoms with Crippen LogP contribution in [0.1, 0.15) is 104 Å². The Bertz CT molecular complexity index is 1300. The van der Waals surface area contributed by atoms with Crippen molar-refractivity contribution in [2.75, 3.05) is 0 Å². The maximum atomic E-state index is 10.4. The first kappa shape index (κ1) is 29.8. The van der Waals surface area contributed by atoms with Gasteiger partial charge in [-0.05, 0) is 110 Å². The highest BCUT2D eigenvalue weighted by atomic mass is 16.3. The van der Waals surface area contributed by atoms with E-state index in [0.717, 1.165) is 24.0 Å². The lowest BCUT2D eigenvalue weighted by atomic mass is 9.71. The van der Waals surface area contributed by atoms with E-state index < -0.39 is 0 Å². The molecular formula is C38H46O2. The van der Waals surface area contributed by atoms with Crippen LogP contribution in [0.5, 0.6) is 0 Å². The van der Waals surface area contributed by atoms with Crippen LogP contribution in [0.2, 0.25) is 0 Å². The molecule has 4 rings (SSSR count). The summed E-state index contributed by atoms with van der Waals surface area (Å²) in [6, 6.07) is 23.0. The molecule has 4 aromatic rings. The number of rotatable bonds is 9. The Morgan fingerprint density at radius 1 is 0.425 bits per heavy atom. The third kappa shape index (κ3) is 6.09. The summed E-state index contributed by atoms with van der Waals surface area (Å²) in [5.74, 6) is 0.0462. The van der Waals surface area contributed by atoms with Gasteiger partial charge in [-0.1, -0.05) is 96.8 Å². The zero-order chi connectivity index (χ0) is 29.1. The van der Waals surface area contributed by atoms with Crippen molar-refractivity contribution in [3.8, 4) is 0 Å². The van der Waals surface area contributed by atoms with Crippen molar-refractivity contribution in [3.05, 3.63) is 139 Å². The molecule has 2 atom stereocenters. The van der Waals surface area contributed by atoms with E-state index in [4.69, 9.17) is 0 Å². The quantitative estimate of drug-likeness (QED) is 0.226. The highest BCUT2D eigenvalue weighted by Gasteiger charge is 2.31. The predicted octanol–water partition coefficient (Wildman–Crippen LogP) is 8.61. The Balaban J connectivity index is 2.15. The topological polar surface area (TPSA) is 40.5 Å². The van der Waals surface area contributed by atoms with Crippen molar-refractivity contribution in [1.29, 1.82) is 0 Å². The lowest BCUT2D eigenvalue weighted by molar-refractivity contribution is 0.280. The van der Waals surface area contributed by atoms with Crippen molar-refractivity contribution in [3.63, 3.8) is 0 Å². The zero-order valence-electron chi connectivity index (χ0n) is 25.7. The van der Waals surface area contributed by atoms with E-state index in [2.05, 4.69) is 116 Å². The highest BCUT2D eigenvalue weighted by molar-refractivity contribution is 5.52. The summed E-state index contributed by atoms with van der Waals surface area (Å²) >= 11 is 0. The molecule has 2 N–H and O–H groups in total. The van der Waals surface area contributed by atoms with Crippen molar-refractivity contribution in [2.45, 2.75) is 93.3 Å². The smallest absolute Gasteiger partial charge is 0.0684 e. The van der Waals surface area contributed by atoms with Crippen molar-refractivity contribution in [1.82, 2.24) is 0 Å². The molecule has 2 unspecified atom stereocenters. The standard InChI is InChI=1S/C38H46O2/c1-9-29-17-33(19-35(21-39)27(29)7)37(31-13-23(3)11-24(4)14-31)38(32-15-25(5)12-26(6)16-32)34-18-30(10-2)28(8)36(20-34)22-40/h11-20,37-40H,9-10,21-22H2,1-8H3. The molecule has 0 aliphatic heterocycles. The van der Waals surface area contributed by atoms with Crippen LogP contribution in [-0.2, 0) is 26.1 Å². The first-order chi connectivity index (χ1) is 19.1. The number of hydrogen-bond acceptors (Lipinski definition) is 2. The maximum Gasteiger partial charge on any atom is 0.0684 e. The van der Waals surface area contributed by atoms with Gasteiger partial charge >= 0.3 is 0 Å². The highest BCUT2D eigenvalue weighted by Crippen LogP contribution is 2.45. The summed E-state index contributed by atoms with van der Waals surface area (Å²) < 4.78 is 0. The summed E-state index contributed by atoms with van der Waals surface area (Å²) in [7, 11) is 0.